The van der Waals surface area contributed by atoms with Crippen molar-refractivity contribution in [2.75, 3.05) is 6.61 Å². The van der Waals surface area contributed by atoms with Crippen molar-refractivity contribution in [2.24, 2.45) is 0 Å². The fourth-order valence-corrected chi connectivity index (χ4v) is 1.43. The number of hydrogen-bond donors (Lipinski definition) is 1. The van der Waals surface area contributed by atoms with Gasteiger partial charge in [-0.1, -0.05) is 25.5 Å². The van der Waals surface area contributed by atoms with E-state index in [1.54, 1.807) is 0 Å². The molecule has 0 amide bonds. The van der Waals surface area contributed by atoms with Crippen molar-refractivity contribution < 1.29 is 9.53 Å². The number of carbonyl (C=O) groups excluding carboxylic acids is 1. The second-order valence-corrected chi connectivity index (χ2v) is 3.59. The van der Waals surface area contributed by atoms with Crippen LogP contribution >= 0.6 is 0 Å². The van der Waals surface area contributed by atoms with E-state index in [-0.39, 0.29) is 11.8 Å². The number of aromatic nitrogens is 2. The number of nitrogens with one attached hydrogen (secondary N) is 1. The maximum absolute atomic E-state index is 11.6. The summed E-state index contributed by atoms with van der Waals surface area (Å²) in [7, 11) is 0. The van der Waals surface area contributed by atoms with E-state index in [0.717, 1.165) is 23.9 Å². The van der Waals surface area contributed by atoms with Crippen molar-refractivity contribution in [1.29, 1.82) is 0 Å². The molecule has 0 bridgehead atoms. The van der Waals surface area contributed by atoms with Gasteiger partial charge in [0.25, 0.3) is 0 Å². The quantitative estimate of drug-likeness (QED) is 0.633. The molecular weight excluding hydrogens is 204 g/mol. The zero-order valence-electron chi connectivity index (χ0n) is 9.19. The summed E-state index contributed by atoms with van der Waals surface area (Å²) in [6, 6.07) is 7.52. The molecule has 2 rings (SSSR count). The predicted molar refractivity (Wildman–Crippen MR) is 61.3 cm³/mol. The molecule has 16 heavy (non-hydrogen) atoms. The number of nitrogens with zero attached hydrogens (tertiary/aromatic N) is 1. The molecule has 2 aromatic rings. The standard InChI is InChI=1S/C12H14N2O2/c1-2-3-8-16-12(15)11-13-9-6-4-5-7-10(9)14-11/h4-7H,2-3,8H2,1H3,(H,13,14). The van der Waals surface area contributed by atoms with Crippen LogP contribution < -0.4 is 0 Å². The third kappa shape index (κ3) is 2.21. The van der Waals surface area contributed by atoms with Crippen LogP contribution in [0, 0.1) is 0 Å². The molecule has 0 saturated heterocycles. The van der Waals surface area contributed by atoms with Crippen LogP contribution in [0.5, 0.6) is 0 Å². The van der Waals surface area contributed by atoms with E-state index in [9.17, 15) is 4.79 Å². The molecule has 0 aliphatic rings. The van der Waals surface area contributed by atoms with Gasteiger partial charge in [0.2, 0.25) is 5.82 Å². The van der Waals surface area contributed by atoms with E-state index in [0.29, 0.717) is 6.61 Å². The summed E-state index contributed by atoms with van der Waals surface area (Å²) in [4.78, 5) is 18.7. The summed E-state index contributed by atoms with van der Waals surface area (Å²) in [6.45, 7) is 2.50. The molecule has 0 aliphatic heterocycles. The lowest BCUT2D eigenvalue weighted by molar-refractivity contribution is 0.0487. The van der Waals surface area contributed by atoms with Crippen molar-refractivity contribution in [1.82, 2.24) is 9.97 Å². The molecule has 0 saturated carbocycles. The van der Waals surface area contributed by atoms with Gasteiger partial charge in [-0.3, -0.25) is 0 Å². The highest BCUT2D eigenvalue weighted by Crippen LogP contribution is 2.10. The Morgan fingerprint density at radius 2 is 2.25 bits per heavy atom. The third-order valence-electron chi connectivity index (χ3n) is 2.31. The van der Waals surface area contributed by atoms with Gasteiger partial charge in [-0.25, -0.2) is 9.78 Å². The fraction of sp³-hybridized carbons (Fsp3) is 0.333. The SMILES string of the molecule is CCCCOC(=O)c1nc2ccccc2[nH]1. The molecule has 1 aromatic heterocycles. The van der Waals surface area contributed by atoms with Crippen molar-refractivity contribution >= 4 is 17.0 Å². The molecule has 0 spiro atoms. The molecular formula is C12H14N2O2. The van der Waals surface area contributed by atoms with Gasteiger partial charge in [0.1, 0.15) is 0 Å². The second kappa shape index (κ2) is 4.79. The number of imidazole rings is 1. The smallest absolute Gasteiger partial charge is 0.374 e. The zero-order chi connectivity index (χ0) is 11.4. The van der Waals surface area contributed by atoms with Gasteiger partial charge >= 0.3 is 5.97 Å². The van der Waals surface area contributed by atoms with Gasteiger partial charge in [0.15, 0.2) is 0 Å². The Labute approximate surface area is 93.6 Å². The van der Waals surface area contributed by atoms with Gasteiger partial charge in [-0.15, -0.1) is 0 Å². The number of para-hydroxylation sites is 2. The molecule has 1 aromatic carbocycles. The summed E-state index contributed by atoms with van der Waals surface area (Å²) < 4.78 is 5.07. The highest BCUT2D eigenvalue weighted by molar-refractivity contribution is 5.90. The van der Waals surface area contributed by atoms with E-state index in [1.165, 1.54) is 0 Å². The Morgan fingerprint density at radius 1 is 1.44 bits per heavy atom. The van der Waals surface area contributed by atoms with Crippen molar-refractivity contribution in [3.8, 4) is 0 Å². The number of ether oxygens (including phenoxy) is 1. The van der Waals surface area contributed by atoms with Crippen LogP contribution in [0.15, 0.2) is 24.3 Å². The number of carbonyl (C=O) groups is 1. The average Bonchev–Trinajstić information content (AvgIpc) is 2.73. The molecule has 4 nitrogen and oxygen atoms in total. The minimum absolute atomic E-state index is 0.275. The number of H-pyrrole nitrogens is 1. The molecule has 4 heteroatoms. The molecule has 0 unspecified atom stereocenters. The van der Waals surface area contributed by atoms with Crippen molar-refractivity contribution in [2.45, 2.75) is 19.8 Å². The Kier molecular flexibility index (Phi) is 3.19. The van der Waals surface area contributed by atoms with Crippen LogP contribution in [0.2, 0.25) is 0 Å². The number of esters is 1. The monoisotopic (exact) mass is 218 g/mol. The highest BCUT2D eigenvalue weighted by Gasteiger charge is 2.11. The van der Waals surface area contributed by atoms with Crippen molar-refractivity contribution in [3.05, 3.63) is 30.1 Å². The molecule has 1 N–H and O–H groups in total. The van der Waals surface area contributed by atoms with E-state index >= 15 is 0 Å². The molecule has 1 heterocycles. The number of rotatable bonds is 4. The fourth-order valence-electron chi connectivity index (χ4n) is 1.43. The minimum Gasteiger partial charge on any atom is -0.460 e. The normalized spacial score (nSPS) is 10.6. The van der Waals surface area contributed by atoms with Crippen LogP contribution in [-0.4, -0.2) is 22.5 Å². The summed E-state index contributed by atoms with van der Waals surface area (Å²) in [5, 5.41) is 0. The number of aromatic amines is 1. The molecule has 84 valence electrons. The first-order chi connectivity index (χ1) is 7.81. The van der Waals surface area contributed by atoms with Gasteiger partial charge in [-0.05, 0) is 18.6 Å². The molecule has 0 aliphatic carbocycles. The van der Waals surface area contributed by atoms with E-state index in [4.69, 9.17) is 4.74 Å². The summed E-state index contributed by atoms with van der Waals surface area (Å²) in [5.41, 5.74) is 1.63. The molecule has 0 radical (unpaired) electrons. The Morgan fingerprint density at radius 3 is 3.00 bits per heavy atom. The van der Waals surface area contributed by atoms with Gasteiger partial charge in [-0.2, -0.15) is 0 Å². The van der Waals surface area contributed by atoms with Crippen molar-refractivity contribution in [3.63, 3.8) is 0 Å². The van der Waals surface area contributed by atoms with E-state index < -0.39 is 0 Å². The van der Waals surface area contributed by atoms with Gasteiger partial charge in [0, 0.05) is 0 Å². The first kappa shape index (κ1) is 10.7. The number of unbranched alkanes of at least 4 members (excludes halogenated alkanes) is 1. The first-order valence-electron chi connectivity index (χ1n) is 5.43. The summed E-state index contributed by atoms with van der Waals surface area (Å²) in [6.07, 6.45) is 1.89. The topological polar surface area (TPSA) is 55.0 Å². The lowest BCUT2D eigenvalue weighted by Gasteiger charge is -1.99. The highest BCUT2D eigenvalue weighted by atomic mass is 16.5. The zero-order valence-corrected chi connectivity index (χ0v) is 9.19. The molecule has 0 atom stereocenters. The van der Waals surface area contributed by atoms with E-state index in [1.807, 2.05) is 24.3 Å². The van der Waals surface area contributed by atoms with Crippen LogP contribution in [0.4, 0.5) is 0 Å². The largest absolute Gasteiger partial charge is 0.460 e. The summed E-state index contributed by atoms with van der Waals surface area (Å²) in [5.74, 6) is -0.109. The molecule has 0 fully saturated rings. The average molecular weight is 218 g/mol. The number of hydrogen-bond acceptors (Lipinski definition) is 3. The van der Waals surface area contributed by atoms with Crippen LogP contribution in [0.1, 0.15) is 30.4 Å². The third-order valence-corrected chi connectivity index (χ3v) is 2.31. The number of fused-ring (bicyclic) bond motifs is 1. The Balaban J connectivity index is 2.11. The van der Waals surface area contributed by atoms with Crippen LogP contribution in [0.3, 0.4) is 0 Å². The van der Waals surface area contributed by atoms with E-state index in [2.05, 4.69) is 16.9 Å². The maximum Gasteiger partial charge on any atom is 0.374 e. The first-order valence-corrected chi connectivity index (χ1v) is 5.43. The Hall–Kier alpha value is -1.84. The minimum atomic E-state index is -0.385. The van der Waals surface area contributed by atoms with Gasteiger partial charge in [0.05, 0.1) is 17.6 Å². The Bertz CT molecular complexity index is 457. The summed E-state index contributed by atoms with van der Waals surface area (Å²) >= 11 is 0. The van der Waals surface area contributed by atoms with Crippen LogP contribution in [0.25, 0.3) is 11.0 Å². The lowest BCUT2D eigenvalue weighted by atomic mass is 10.3. The number of benzene rings is 1. The lowest BCUT2D eigenvalue weighted by Crippen LogP contribution is -2.08. The van der Waals surface area contributed by atoms with Crippen LogP contribution in [-0.2, 0) is 4.74 Å². The van der Waals surface area contributed by atoms with Gasteiger partial charge < -0.3 is 9.72 Å². The maximum atomic E-state index is 11.6. The predicted octanol–water partition coefficient (Wildman–Crippen LogP) is 2.52. The second-order valence-electron chi connectivity index (χ2n) is 3.59.